The molecular formula is C37H40Br2F2N10O3. The molecule has 2 fully saturated rings. The highest BCUT2D eigenvalue weighted by Crippen LogP contribution is 2.28. The van der Waals surface area contributed by atoms with E-state index in [2.05, 4.69) is 67.4 Å². The van der Waals surface area contributed by atoms with Crippen molar-refractivity contribution >= 4 is 54.8 Å². The van der Waals surface area contributed by atoms with E-state index in [1.807, 2.05) is 37.6 Å². The van der Waals surface area contributed by atoms with Crippen LogP contribution in [0.1, 0.15) is 94.3 Å². The molecule has 0 aliphatic carbocycles. The fourth-order valence-corrected chi connectivity index (χ4v) is 7.13. The fraction of sp³-hybridized carbons (Fsp3) is 0.405. The van der Waals surface area contributed by atoms with E-state index in [4.69, 9.17) is 25.2 Å². The van der Waals surface area contributed by atoms with Crippen molar-refractivity contribution in [3.63, 3.8) is 0 Å². The molecule has 54 heavy (non-hydrogen) atoms. The van der Waals surface area contributed by atoms with Crippen LogP contribution in [-0.4, -0.2) is 75.9 Å². The molecule has 0 radical (unpaired) electrons. The summed E-state index contributed by atoms with van der Waals surface area (Å²) in [5.41, 5.74) is 11.9. The van der Waals surface area contributed by atoms with Gasteiger partial charge >= 0.3 is 0 Å². The van der Waals surface area contributed by atoms with E-state index in [1.54, 1.807) is 12.4 Å². The molecule has 8 rings (SSSR count). The second-order valence-electron chi connectivity index (χ2n) is 13.0. The van der Waals surface area contributed by atoms with Crippen LogP contribution < -0.4 is 5.73 Å². The minimum absolute atomic E-state index is 0.0126. The summed E-state index contributed by atoms with van der Waals surface area (Å²) in [6, 6.07) is 4.07. The van der Waals surface area contributed by atoms with Gasteiger partial charge in [-0.15, -0.1) is 0 Å². The fourth-order valence-electron chi connectivity index (χ4n) is 6.28. The molecule has 2 saturated heterocycles. The zero-order valence-corrected chi connectivity index (χ0v) is 33.2. The molecule has 6 aromatic rings. The Hall–Kier alpha value is -4.32. The Morgan fingerprint density at radius 3 is 1.89 bits per heavy atom. The van der Waals surface area contributed by atoms with Crippen LogP contribution in [0.5, 0.6) is 0 Å². The number of carbonyl (C=O) groups excluding carboxylic acids is 1. The van der Waals surface area contributed by atoms with E-state index in [0.717, 1.165) is 96.5 Å². The predicted octanol–water partition coefficient (Wildman–Crippen LogP) is 7.51. The van der Waals surface area contributed by atoms with Gasteiger partial charge in [0.05, 0.1) is 46.8 Å². The van der Waals surface area contributed by atoms with Crippen LogP contribution >= 0.6 is 31.9 Å². The minimum atomic E-state index is -2.71. The zero-order valence-electron chi connectivity index (χ0n) is 30.1. The molecule has 2 aliphatic rings. The van der Waals surface area contributed by atoms with Crippen LogP contribution in [0.2, 0.25) is 0 Å². The quantitative estimate of drug-likeness (QED) is 0.165. The van der Waals surface area contributed by atoms with Gasteiger partial charge in [0, 0.05) is 63.1 Å². The third kappa shape index (κ3) is 9.85. The summed E-state index contributed by atoms with van der Waals surface area (Å²) in [6.45, 7) is 8.81. The van der Waals surface area contributed by atoms with Gasteiger partial charge in [0.15, 0.2) is 17.1 Å². The monoisotopic (exact) mass is 868 g/mol. The van der Waals surface area contributed by atoms with Crippen molar-refractivity contribution in [2.75, 3.05) is 32.2 Å². The van der Waals surface area contributed by atoms with Gasteiger partial charge in [-0.3, -0.25) is 9.78 Å². The molecule has 2 aliphatic heterocycles. The number of ketones is 1. The second-order valence-corrected chi connectivity index (χ2v) is 14.7. The molecule has 0 bridgehead atoms. The number of aromatic nitrogens is 9. The number of nitrogens with zero attached hydrogens (tertiary/aromatic N) is 9. The number of fused-ring (bicyclic) bond motifs is 2. The number of nitrogen functional groups attached to an aromatic ring is 1. The van der Waals surface area contributed by atoms with Crippen LogP contribution in [0.15, 0.2) is 58.4 Å². The van der Waals surface area contributed by atoms with Gasteiger partial charge in [-0.25, -0.2) is 38.7 Å². The van der Waals surface area contributed by atoms with E-state index in [0.29, 0.717) is 28.0 Å². The summed E-state index contributed by atoms with van der Waals surface area (Å²) >= 11 is 6.58. The third-order valence-electron chi connectivity index (χ3n) is 9.12. The average Bonchev–Trinajstić information content (AvgIpc) is 3.80. The van der Waals surface area contributed by atoms with Crippen molar-refractivity contribution < 1.29 is 23.0 Å². The molecule has 0 atom stereocenters. The molecular weight excluding hydrogens is 830 g/mol. The molecule has 8 heterocycles. The summed E-state index contributed by atoms with van der Waals surface area (Å²) in [7, 11) is 0. The van der Waals surface area contributed by atoms with Gasteiger partial charge in [-0.05, 0) is 90.4 Å². The number of hydrogen-bond donors (Lipinski definition) is 1. The van der Waals surface area contributed by atoms with Crippen LogP contribution in [0, 0.1) is 20.8 Å². The second kappa shape index (κ2) is 17.9. The largest absolute Gasteiger partial charge is 0.382 e. The van der Waals surface area contributed by atoms with Crippen LogP contribution in [0.25, 0.3) is 11.3 Å². The summed E-state index contributed by atoms with van der Waals surface area (Å²) in [5, 5.41) is 0. The number of carbonyl (C=O) groups is 1. The molecule has 0 amide bonds. The SMILES string of the molecule is Cc1nc(Br)cn2cc(C3CCOCC3)nc12.Cc1nc(Br)cnc1N.Cc1nc(CC(=O)c2cccc(C(F)F)n2)cn2cc(C3CCOCC3)nc12. The Balaban J connectivity index is 0.000000161. The van der Waals surface area contributed by atoms with Gasteiger partial charge in [0.1, 0.15) is 26.4 Å². The van der Waals surface area contributed by atoms with E-state index < -0.39 is 12.1 Å². The number of hydrogen-bond acceptors (Lipinski definition) is 11. The maximum Gasteiger partial charge on any atom is 0.280 e. The third-order valence-corrected chi connectivity index (χ3v) is 9.89. The molecule has 17 heteroatoms. The highest BCUT2D eigenvalue weighted by molar-refractivity contribution is 9.10. The summed E-state index contributed by atoms with van der Waals surface area (Å²) in [4.78, 5) is 42.4. The number of aryl methyl sites for hydroxylation is 3. The van der Waals surface area contributed by atoms with Crippen LogP contribution in [-0.2, 0) is 15.9 Å². The predicted molar refractivity (Wildman–Crippen MR) is 205 cm³/mol. The number of pyridine rings is 1. The van der Waals surface area contributed by atoms with Crippen molar-refractivity contribution in [3.05, 3.63) is 104 Å². The first-order valence-corrected chi connectivity index (χ1v) is 19.1. The molecule has 284 valence electrons. The lowest BCUT2D eigenvalue weighted by Crippen LogP contribution is -2.14. The Bertz CT molecular complexity index is 2240. The maximum absolute atomic E-state index is 12.8. The van der Waals surface area contributed by atoms with E-state index >= 15 is 0 Å². The number of anilines is 1. The highest BCUT2D eigenvalue weighted by atomic mass is 79.9. The lowest BCUT2D eigenvalue weighted by atomic mass is 9.97. The first-order valence-electron chi connectivity index (χ1n) is 17.5. The van der Waals surface area contributed by atoms with Crippen molar-refractivity contribution in [3.8, 4) is 0 Å². The highest BCUT2D eigenvalue weighted by Gasteiger charge is 2.22. The normalized spacial score (nSPS) is 15.2. The van der Waals surface area contributed by atoms with Gasteiger partial charge in [0.2, 0.25) is 0 Å². The van der Waals surface area contributed by atoms with Crippen molar-refractivity contribution in [1.29, 1.82) is 0 Å². The topological polar surface area (TPSA) is 161 Å². The molecule has 13 nitrogen and oxygen atoms in total. The van der Waals surface area contributed by atoms with Crippen molar-refractivity contribution in [2.45, 2.75) is 71.1 Å². The van der Waals surface area contributed by atoms with Crippen LogP contribution in [0.3, 0.4) is 0 Å². The minimum Gasteiger partial charge on any atom is -0.382 e. The molecule has 0 spiro atoms. The summed E-state index contributed by atoms with van der Waals surface area (Å²) < 4.78 is 41.9. The number of imidazole rings is 2. The number of Topliss-reactive ketones (excluding diaryl/α,β-unsaturated/α-hetero) is 1. The van der Waals surface area contributed by atoms with Gasteiger partial charge < -0.3 is 24.0 Å². The maximum atomic E-state index is 12.8. The molecule has 2 N–H and O–H groups in total. The van der Waals surface area contributed by atoms with Gasteiger partial charge in [0.25, 0.3) is 6.43 Å². The Kier molecular flexibility index (Phi) is 13.0. The van der Waals surface area contributed by atoms with Crippen LogP contribution in [0.4, 0.5) is 14.6 Å². The number of rotatable bonds is 6. The van der Waals surface area contributed by atoms with Crippen molar-refractivity contribution in [1.82, 2.24) is 43.7 Å². The zero-order chi connectivity index (χ0) is 38.4. The number of ether oxygens (including phenoxy) is 2. The Morgan fingerprint density at radius 1 is 0.778 bits per heavy atom. The smallest absolute Gasteiger partial charge is 0.280 e. The average molecular weight is 871 g/mol. The molecule has 6 aromatic heterocycles. The summed E-state index contributed by atoms with van der Waals surface area (Å²) in [5.74, 6) is 1.03. The number of halogens is 4. The van der Waals surface area contributed by atoms with Gasteiger partial charge in [-0.1, -0.05) is 6.07 Å². The first kappa shape index (κ1) is 39.4. The van der Waals surface area contributed by atoms with E-state index in [9.17, 15) is 13.6 Å². The lowest BCUT2D eigenvalue weighted by Gasteiger charge is -2.19. The molecule has 0 unspecified atom stereocenters. The lowest BCUT2D eigenvalue weighted by molar-refractivity contribution is 0.0845. The molecule has 0 aromatic carbocycles. The first-order chi connectivity index (χ1) is 25.9. The number of nitrogens with two attached hydrogens (primary N) is 1. The summed E-state index contributed by atoms with van der Waals surface area (Å²) in [6.07, 6.45) is 10.7. The van der Waals surface area contributed by atoms with Crippen molar-refractivity contribution in [2.24, 2.45) is 0 Å². The molecule has 0 saturated carbocycles. The van der Waals surface area contributed by atoms with Gasteiger partial charge in [-0.2, -0.15) is 0 Å². The Labute approximate surface area is 327 Å². The number of alkyl halides is 2. The van der Waals surface area contributed by atoms with E-state index in [-0.39, 0.29) is 17.9 Å². The standard InChI is InChI=1S/C20H20F2N4O2.C12H14BrN3O.C5H6BrN3/c1-12-20-25-17(13-5-7-28-8-6-13)11-26(20)10-14(23-12)9-18(27)15-3-2-4-16(24-15)19(21)22;1-8-12-15-10(9-2-4-17-5-3-9)6-16(12)7-11(13)14-8;1-3-5(7)8-2-4(6)9-3/h2-4,10-11,13,19H,5-9H2,1H3;6-7,9H,2-5H2,1H3;2H,1H3,(H2,7,8). The Morgan fingerprint density at radius 2 is 1.33 bits per heavy atom. The van der Waals surface area contributed by atoms with E-state index in [1.165, 1.54) is 18.2 Å².